The maximum atomic E-state index is 12.5. The van der Waals surface area contributed by atoms with Gasteiger partial charge in [-0.05, 0) is 25.0 Å². The normalized spacial score (nSPS) is 33.4. The molecule has 0 aromatic heterocycles. The van der Waals surface area contributed by atoms with E-state index in [1.54, 1.807) is 18.2 Å². The first-order valence-corrected chi connectivity index (χ1v) is 8.27. The van der Waals surface area contributed by atoms with Gasteiger partial charge in [0.2, 0.25) is 11.8 Å². The van der Waals surface area contributed by atoms with Crippen LogP contribution in [-0.2, 0) is 9.59 Å². The molecule has 4 atom stereocenters. The highest BCUT2D eigenvalue weighted by atomic mass is 79.9. The summed E-state index contributed by atoms with van der Waals surface area (Å²) in [5, 5.41) is 9.88. The molecule has 4 nitrogen and oxygen atoms in total. The molecule has 1 saturated heterocycles. The Bertz CT molecular complexity index is 549. The number of alkyl halides is 2. The van der Waals surface area contributed by atoms with E-state index < -0.39 is 0 Å². The van der Waals surface area contributed by atoms with Gasteiger partial charge in [0, 0.05) is 9.65 Å². The minimum Gasteiger partial charge on any atom is -0.506 e. The number of nitrogens with zero attached hydrogens (tertiary/aromatic N) is 1. The van der Waals surface area contributed by atoms with Crippen LogP contribution in [0.15, 0.2) is 24.3 Å². The Hall–Kier alpha value is -0.880. The second-order valence-corrected chi connectivity index (χ2v) is 7.57. The molecule has 1 saturated carbocycles. The number of aromatic hydroxyl groups is 1. The van der Waals surface area contributed by atoms with E-state index in [0.717, 1.165) is 4.90 Å². The van der Waals surface area contributed by atoms with Gasteiger partial charge in [0.05, 0.1) is 17.5 Å². The lowest BCUT2D eigenvalue weighted by atomic mass is 9.81. The molecule has 1 aromatic rings. The van der Waals surface area contributed by atoms with Gasteiger partial charge in [0.25, 0.3) is 0 Å². The van der Waals surface area contributed by atoms with Gasteiger partial charge in [-0.2, -0.15) is 0 Å². The summed E-state index contributed by atoms with van der Waals surface area (Å²) in [6, 6.07) is 6.45. The number of carbonyl (C=O) groups is 2. The maximum Gasteiger partial charge on any atom is 0.237 e. The Labute approximate surface area is 133 Å². The summed E-state index contributed by atoms with van der Waals surface area (Å²) in [5.74, 6) is -1.03. The number of para-hydroxylation sites is 2. The van der Waals surface area contributed by atoms with E-state index in [4.69, 9.17) is 0 Å². The average Bonchev–Trinajstić information content (AvgIpc) is 2.64. The van der Waals surface area contributed by atoms with Gasteiger partial charge in [0.1, 0.15) is 5.75 Å². The summed E-state index contributed by atoms with van der Waals surface area (Å²) in [5.41, 5.74) is 0.286. The van der Waals surface area contributed by atoms with Gasteiger partial charge in [-0.25, -0.2) is 4.90 Å². The Morgan fingerprint density at radius 2 is 1.50 bits per heavy atom. The highest BCUT2D eigenvalue weighted by molar-refractivity contribution is 9.12. The van der Waals surface area contributed by atoms with Crippen molar-refractivity contribution in [2.45, 2.75) is 22.5 Å². The van der Waals surface area contributed by atoms with Gasteiger partial charge in [-0.1, -0.05) is 44.0 Å². The van der Waals surface area contributed by atoms with Crippen molar-refractivity contribution in [2.75, 3.05) is 4.90 Å². The number of anilines is 1. The molecule has 0 spiro atoms. The number of imide groups is 1. The lowest BCUT2D eigenvalue weighted by Gasteiger charge is -2.29. The third-order valence-electron chi connectivity index (χ3n) is 4.03. The van der Waals surface area contributed by atoms with E-state index in [1.807, 2.05) is 0 Å². The molecule has 1 aliphatic heterocycles. The number of phenolic OH excluding ortho intramolecular Hbond substituents is 1. The predicted molar refractivity (Wildman–Crippen MR) is 82.2 cm³/mol. The number of rotatable bonds is 1. The summed E-state index contributed by atoms with van der Waals surface area (Å²) in [6.45, 7) is 0. The Balaban J connectivity index is 1.97. The van der Waals surface area contributed by atoms with E-state index in [2.05, 4.69) is 31.9 Å². The number of phenols is 1. The second kappa shape index (κ2) is 5.15. The number of fused-ring (bicyclic) bond motifs is 1. The molecule has 2 amide bonds. The molecule has 6 heteroatoms. The van der Waals surface area contributed by atoms with Crippen LogP contribution in [0.4, 0.5) is 5.69 Å². The van der Waals surface area contributed by atoms with E-state index in [1.165, 1.54) is 6.07 Å². The smallest absolute Gasteiger partial charge is 0.237 e. The van der Waals surface area contributed by atoms with Gasteiger partial charge in [-0.15, -0.1) is 0 Å². The SMILES string of the molecule is O=C1C2CC(Br)C(Br)CC2C(=O)N1c1ccccc1O. The van der Waals surface area contributed by atoms with Crippen LogP contribution in [-0.4, -0.2) is 26.6 Å². The predicted octanol–water partition coefficient (Wildman–Crippen LogP) is 2.82. The van der Waals surface area contributed by atoms with Crippen LogP contribution in [0.25, 0.3) is 0 Å². The summed E-state index contributed by atoms with van der Waals surface area (Å²) >= 11 is 7.10. The van der Waals surface area contributed by atoms with E-state index in [-0.39, 0.29) is 44.7 Å². The monoisotopic (exact) mass is 401 g/mol. The summed E-state index contributed by atoms with van der Waals surface area (Å²) in [4.78, 5) is 26.5. The number of benzene rings is 1. The Kier molecular flexibility index (Phi) is 3.62. The highest BCUT2D eigenvalue weighted by Gasteiger charge is 2.52. The van der Waals surface area contributed by atoms with Crippen LogP contribution < -0.4 is 4.90 Å². The van der Waals surface area contributed by atoms with Crippen molar-refractivity contribution in [3.63, 3.8) is 0 Å². The molecule has 106 valence electrons. The Morgan fingerprint density at radius 3 is 2.00 bits per heavy atom. The number of amides is 2. The molecule has 1 aromatic carbocycles. The standard InChI is InChI=1S/C14H13Br2NO3/c15-9-5-7-8(6-10(9)16)14(20)17(13(7)19)11-3-1-2-4-12(11)18/h1-4,7-10,18H,5-6H2. The van der Waals surface area contributed by atoms with Gasteiger partial charge in [0.15, 0.2) is 0 Å². The molecule has 1 aliphatic carbocycles. The van der Waals surface area contributed by atoms with Crippen LogP contribution >= 0.6 is 31.9 Å². The fourth-order valence-corrected chi connectivity index (χ4v) is 4.22. The zero-order valence-electron chi connectivity index (χ0n) is 10.5. The lowest BCUT2D eigenvalue weighted by molar-refractivity contribution is -0.122. The molecule has 3 rings (SSSR count). The van der Waals surface area contributed by atoms with Crippen molar-refractivity contribution in [2.24, 2.45) is 11.8 Å². The zero-order valence-corrected chi connectivity index (χ0v) is 13.7. The van der Waals surface area contributed by atoms with Gasteiger partial charge >= 0.3 is 0 Å². The summed E-state index contributed by atoms with van der Waals surface area (Å²) < 4.78 is 0. The van der Waals surface area contributed by atoms with Crippen LogP contribution in [0.3, 0.4) is 0 Å². The fraction of sp³-hybridized carbons (Fsp3) is 0.429. The molecule has 4 unspecified atom stereocenters. The number of hydrogen-bond acceptors (Lipinski definition) is 3. The summed E-state index contributed by atoms with van der Waals surface area (Å²) in [7, 11) is 0. The molecule has 1 N–H and O–H groups in total. The Morgan fingerprint density at radius 1 is 1.00 bits per heavy atom. The first-order valence-electron chi connectivity index (χ1n) is 6.44. The summed E-state index contributed by atoms with van der Waals surface area (Å²) in [6.07, 6.45) is 1.27. The van der Waals surface area contributed by atoms with Crippen molar-refractivity contribution < 1.29 is 14.7 Å². The van der Waals surface area contributed by atoms with Crippen LogP contribution in [0.2, 0.25) is 0 Å². The van der Waals surface area contributed by atoms with Gasteiger partial charge < -0.3 is 5.11 Å². The third kappa shape index (κ3) is 2.09. The molecule has 1 heterocycles. The number of hydrogen-bond donors (Lipinski definition) is 1. The van der Waals surface area contributed by atoms with Crippen molar-refractivity contribution in [3.05, 3.63) is 24.3 Å². The highest BCUT2D eigenvalue weighted by Crippen LogP contribution is 2.45. The largest absolute Gasteiger partial charge is 0.506 e. The third-order valence-corrected chi connectivity index (χ3v) is 6.77. The maximum absolute atomic E-state index is 12.5. The molecule has 2 aliphatic rings. The number of carbonyl (C=O) groups excluding carboxylic acids is 2. The van der Waals surface area contributed by atoms with Crippen LogP contribution in [0.1, 0.15) is 12.8 Å². The number of halogens is 2. The van der Waals surface area contributed by atoms with Crippen molar-refractivity contribution in [1.29, 1.82) is 0 Å². The first kappa shape index (κ1) is 14.1. The molecule has 0 radical (unpaired) electrons. The molecular formula is C14H13Br2NO3. The molecular weight excluding hydrogens is 390 g/mol. The van der Waals surface area contributed by atoms with E-state index in [9.17, 15) is 14.7 Å². The zero-order chi connectivity index (χ0) is 14.4. The molecule has 0 bridgehead atoms. The van der Waals surface area contributed by atoms with E-state index >= 15 is 0 Å². The molecule has 20 heavy (non-hydrogen) atoms. The van der Waals surface area contributed by atoms with E-state index in [0.29, 0.717) is 12.8 Å². The minimum absolute atomic E-state index is 0.0429. The van der Waals surface area contributed by atoms with Crippen molar-refractivity contribution in [3.8, 4) is 5.75 Å². The first-order chi connectivity index (χ1) is 9.50. The van der Waals surface area contributed by atoms with Crippen LogP contribution in [0.5, 0.6) is 5.75 Å². The van der Waals surface area contributed by atoms with Crippen LogP contribution in [0, 0.1) is 11.8 Å². The topological polar surface area (TPSA) is 57.6 Å². The lowest BCUT2D eigenvalue weighted by Crippen LogP contribution is -2.34. The minimum atomic E-state index is -0.291. The molecule has 2 fully saturated rings. The van der Waals surface area contributed by atoms with Crippen molar-refractivity contribution >= 4 is 49.4 Å². The van der Waals surface area contributed by atoms with Crippen molar-refractivity contribution in [1.82, 2.24) is 0 Å². The fourth-order valence-electron chi connectivity index (χ4n) is 2.99. The quantitative estimate of drug-likeness (QED) is 0.580. The second-order valence-electron chi connectivity index (χ2n) is 5.22. The average molecular weight is 403 g/mol. The van der Waals surface area contributed by atoms with Gasteiger partial charge in [-0.3, -0.25) is 9.59 Å².